The highest BCUT2D eigenvalue weighted by atomic mass is 19.1. The number of aliphatic hydroxyl groups excluding tert-OH is 1. The predicted octanol–water partition coefficient (Wildman–Crippen LogP) is 3.28. The molecule has 1 fully saturated rings. The van der Waals surface area contributed by atoms with Crippen molar-refractivity contribution in [3.8, 4) is 0 Å². The molecule has 2 N–H and O–H groups in total. The first-order valence-corrected chi connectivity index (χ1v) is 10.3. The topological polar surface area (TPSA) is 69.6 Å². The summed E-state index contributed by atoms with van der Waals surface area (Å²) in [5, 5.41) is 13.8. The summed E-state index contributed by atoms with van der Waals surface area (Å²) in [5.74, 6) is -0.869. The zero-order valence-corrected chi connectivity index (χ0v) is 17.5. The second-order valence-corrected chi connectivity index (χ2v) is 8.19. The van der Waals surface area contributed by atoms with E-state index in [1.165, 1.54) is 30.0 Å². The van der Waals surface area contributed by atoms with E-state index in [2.05, 4.69) is 17.4 Å². The third kappa shape index (κ3) is 4.87. The van der Waals surface area contributed by atoms with Crippen molar-refractivity contribution in [3.05, 3.63) is 71.5 Å². The molecule has 0 aliphatic heterocycles. The molecule has 1 aliphatic carbocycles. The first kappa shape index (κ1) is 22.0. The van der Waals surface area contributed by atoms with E-state index >= 15 is 0 Å². The lowest BCUT2D eigenvalue weighted by atomic mass is 9.74. The van der Waals surface area contributed by atoms with Gasteiger partial charge in [0.15, 0.2) is 0 Å². The Morgan fingerprint density at radius 1 is 1.13 bits per heavy atom. The molecule has 30 heavy (non-hydrogen) atoms. The Labute approximate surface area is 176 Å². The SMILES string of the molecule is CC(=O)NC[C@]1(c2ccccc2)CC[C@H](O)[C@@H](N(C)C(=O)c2cccc(F)c2)CC1. The average molecular weight is 413 g/mol. The lowest BCUT2D eigenvalue weighted by Gasteiger charge is -2.34. The Morgan fingerprint density at radius 2 is 1.83 bits per heavy atom. The fourth-order valence-corrected chi connectivity index (χ4v) is 4.44. The van der Waals surface area contributed by atoms with E-state index in [-0.39, 0.29) is 28.8 Å². The van der Waals surface area contributed by atoms with E-state index < -0.39 is 11.9 Å². The number of nitrogens with zero attached hydrogens (tertiary/aromatic N) is 1. The number of benzene rings is 2. The molecule has 2 aromatic carbocycles. The maximum Gasteiger partial charge on any atom is 0.254 e. The van der Waals surface area contributed by atoms with Gasteiger partial charge in [0.25, 0.3) is 5.91 Å². The lowest BCUT2D eigenvalue weighted by Crippen LogP contribution is -2.44. The fraction of sp³-hybridized carbons (Fsp3) is 0.417. The van der Waals surface area contributed by atoms with E-state index in [1.807, 2.05) is 18.2 Å². The molecule has 0 radical (unpaired) electrons. The van der Waals surface area contributed by atoms with Crippen LogP contribution >= 0.6 is 0 Å². The van der Waals surface area contributed by atoms with Crippen molar-refractivity contribution in [1.29, 1.82) is 0 Å². The van der Waals surface area contributed by atoms with Crippen LogP contribution in [-0.2, 0) is 10.2 Å². The van der Waals surface area contributed by atoms with Gasteiger partial charge in [-0.2, -0.15) is 0 Å². The molecule has 2 aromatic rings. The van der Waals surface area contributed by atoms with Crippen LogP contribution in [0.15, 0.2) is 54.6 Å². The van der Waals surface area contributed by atoms with Gasteiger partial charge in [0, 0.05) is 31.5 Å². The first-order valence-electron chi connectivity index (χ1n) is 10.3. The summed E-state index contributed by atoms with van der Waals surface area (Å²) in [4.78, 5) is 26.0. The highest BCUT2D eigenvalue weighted by Gasteiger charge is 2.40. The van der Waals surface area contributed by atoms with Crippen molar-refractivity contribution in [2.75, 3.05) is 13.6 Å². The smallest absolute Gasteiger partial charge is 0.254 e. The summed E-state index contributed by atoms with van der Waals surface area (Å²) in [6, 6.07) is 15.2. The van der Waals surface area contributed by atoms with Crippen LogP contribution in [0.2, 0.25) is 0 Å². The average Bonchev–Trinajstić information content (AvgIpc) is 2.91. The molecule has 6 heteroatoms. The molecule has 3 rings (SSSR count). The Balaban J connectivity index is 1.83. The summed E-state index contributed by atoms with van der Waals surface area (Å²) in [6.07, 6.45) is 1.78. The minimum absolute atomic E-state index is 0.0925. The molecule has 0 aromatic heterocycles. The quantitative estimate of drug-likeness (QED) is 0.741. The monoisotopic (exact) mass is 412 g/mol. The molecular weight excluding hydrogens is 383 g/mol. The minimum Gasteiger partial charge on any atom is -0.391 e. The number of halogens is 1. The lowest BCUT2D eigenvalue weighted by molar-refractivity contribution is -0.119. The Bertz CT molecular complexity index is 889. The summed E-state index contributed by atoms with van der Waals surface area (Å²) in [7, 11) is 1.66. The van der Waals surface area contributed by atoms with Gasteiger partial charge in [0.1, 0.15) is 5.82 Å². The minimum atomic E-state index is -0.699. The van der Waals surface area contributed by atoms with Gasteiger partial charge in [-0.25, -0.2) is 4.39 Å². The zero-order valence-electron chi connectivity index (χ0n) is 17.5. The molecule has 1 aliphatic rings. The van der Waals surface area contributed by atoms with Crippen molar-refractivity contribution in [2.24, 2.45) is 0 Å². The largest absolute Gasteiger partial charge is 0.391 e. The van der Waals surface area contributed by atoms with Gasteiger partial charge < -0.3 is 15.3 Å². The molecule has 1 saturated carbocycles. The van der Waals surface area contributed by atoms with Crippen LogP contribution in [0, 0.1) is 5.82 Å². The van der Waals surface area contributed by atoms with Gasteiger partial charge in [-0.1, -0.05) is 36.4 Å². The third-order valence-electron chi connectivity index (χ3n) is 6.23. The highest BCUT2D eigenvalue weighted by Crippen LogP contribution is 2.39. The van der Waals surface area contributed by atoms with Crippen molar-refractivity contribution >= 4 is 11.8 Å². The van der Waals surface area contributed by atoms with E-state index in [0.29, 0.717) is 32.2 Å². The summed E-state index contributed by atoms with van der Waals surface area (Å²) in [5.41, 5.74) is 1.07. The number of likely N-dealkylation sites (N-methyl/N-ethyl adjacent to an activating group) is 1. The van der Waals surface area contributed by atoms with E-state index in [1.54, 1.807) is 13.1 Å². The summed E-state index contributed by atoms with van der Waals surface area (Å²) < 4.78 is 13.6. The molecule has 0 spiro atoms. The van der Waals surface area contributed by atoms with Gasteiger partial charge in [-0.15, -0.1) is 0 Å². The molecule has 0 unspecified atom stereocenters. The number of hydrogen-bond acceptors (Lipinski definition) is 3. The highest BCUT2D eigenvalue weighted by molar-refractivity contribution is 5.94. The molecular formula is C24H29FN2O3. The molecule has 0 heterocycles. The number of hydrogen-bond donors (Lipinski definition) is 2. The molecule has 2 amide bonds. The number of amides is 2. The number of carbonyl (C=O) groups is 2. The standard InChI is InChI=1S/C24H29FN2O3/c1-17(28)26-16-24(19-8-4-3-5-9-19)13-11-21(22(29)12-14-24)27(2)23(30)18-7-6-10-20(25)15-18/h3-10,15,21-22,29H,11-14,16H2,1-2H3,(H,26,28)/t21-,22-,24+/m0/s1. The molecule has 0 saturated heterocycles. The maximum atomic E-state index is 13.6. The molecule has 3 atom stereocenters. The Morgan fingerprint density at radius 3 is 2.50 bits per heavy atom. The maximum absolute atomic E-state index is 13.6. The van der Waals surface area contributed by atoms with Crippen molar-refractivity contribution < 1.29 is 19.1 Å². The van der Waals surface area contributed by atoms with E-state index in [0.717, 1.165) is 5.56 Å². The van der Waals surface area contributed by atoms with Gasteiger partial charge in [-0.3, -0.25) is 9.59 Å². The molecule has 0 bridgehead atoms. The second-order valence-electron chi connectivity index (χ2n) is 8.19. The first-order chi connectivity index (χ1) is 14.3. The predicted molar refractivity (Wildman–Crippen MR) is 114 cm³/mol. The molecule has 160 valence electrons. The van der Waals surface area contributed by atoms with Gasteiger partial charge >= 0.3 is 0 Å². The Kier molecular flexibility index (Phi) is 6.87. The third-order valence-corrected chi connectivity index (χ3v) is 6.23. The normalized spacial score (nSPS) is 24.0. The van der Waals surface area contributed by atoms with Gasteiger partial charge in [0.05, 0.1) is 12.1 Å². The number of rotatable bonds is 5. The Hall–Kier alpha value is -2.73. The van der Waals surface area contributed by atoms with Gasteiger partial charge in [-0.05, 0) is 49.4 Å². The fourth-order valence-electron chi connectivity index (χ4n) is 4.44. The zero-order chi connectivity index (χ0) is 21.7. The summed E-state index contributed by atoms with van der Waals surface area (Å²) in [6.45, 7) is 1.98. The van der Waals surface area contributed by atoms with E-state index in [9.17, 15) is 19.1 Å². The van der Waals surface area contributed by atoms with Crippen LogP contribution < -0.4 is 5.32 Å². The number of carbonyl (C=O) groups excluding carboxylic acids is 2. The van der Waals surface area contributed by atoms with Crippen molar-refractivity contribution in [1.82, 2.24) is 10.2 Å². The van der Waals surface area contributed by atoms with Crippen molar-refractivity contribution in [3.63, 3.8) is 0 Å². The number of aliphatic hydroxyl groups is 1. The number of nitrogens with one attached hydrogen (secondary N) is 1. The van der Waals surface area contributed by atoms with Crippen LogP contribution in [0.25, 0.3) is 0 Å². The van der Waals surface area contributed by atoms with E-state index in [4.69, 9.17) is 0 Å². The van der Waals surface area contributed by atoms with Gasteiger partial charge in [0.2, 0.25) is 5.91 Å². The van der Waals surface area contributed by atoms with Crippen LogP contribution in [-0.4, -0.2) is 47.6 Å². The second kappa shape index (κ2) is 9.39. The van der Waals surface area contributed by atoms with Crippen LogP contribution in [0.4, 0.5) is 4.39 Å². The summed E-state index contributed by atoms with van der Waals surface area (Å²) >= 11 is 0. The van der Waals surface area contributed by atoms with Crippen molar-refractivity contribution in [2.45, 2.75) is 50.2 Å². The van der Waals surface area contributed by atoms with Crippen LogP contribution in [0.5, 0.6) is 0 Å². The van der Waals surface area contributed by atoms with Crippen LogP contribution in [0.3, 0.4) is 0 Å². The molecule has 5 nitrogen and oxygen atoms in total. The van der Waals surface area contributed by atoms with Crippen LogP contribution in [0.1, 0.15) is 48.5 Å².